The van der Waals surface area contributed by atoms with E-state index in [0.717, 1.165) is 32.5 Å². The molecule has 1 heterocycles. The molecule has 0 radical (unpaired) electrons. The molecular formula is C17H26F2N2. The number of benzene rings is 1. The fourth-order valence-electron chi connectivity index (χ4n) is 2.90. The van der Waals surface area contributed by atoms with Gasteiger partial charge >= 0.3 is 0 Å². The summed E-state index contributed by atoms with van der Waals surface area (Å²) >= 11 is 0. The van der Waals surface area contributed by atoms with Crippen molar-refractivity contribution >= 4 is 0 Å². The maximum absolute atomic E-state index is 14.4. The third kappa shape index (κ3) is 4.75. The Kier molecular flexibility index (Phi) is 5.71. The molecule has 0 bridgehead atoms. The molecule has 2 rings (SSSR count). The third-order valence-electron chi connectivity index (χ3n) is 4.03. The molecule has 118 valence electrons. The van der Waals surface area contributed by atoms with Gasteiger partial charge in [0, 0.05) is 18.2 Å². The Balaban J connectivity index is 1.91. The lowest BCUT2D eigenvalue weighted by atomic mass is 10.1. The standard InChI is InChI=1S/C17H26F2N2/c1-14(2)11-20-12-16-9-6-10-21(16)13-17(18,19)15-7-4-3-5-8-15/h3-5,7-8,14,16,20H,6,9-13H2,1-2H3. The van der Waals surface area contributed by atoms with E-state index in [1.54, 1.807) is 18.2 Å². The fraction of sp³-hybridized carbons (Fsp3) is 0.647. The van der Waals surface area contributed by atoms with Crippen molar-refractivity contribution in [2.24, 2.45) is 5.92 Å². The van der Waals surface area contributed by atoms with Crippen molar-refractivity contribution in [3.8, 4) is 0 Å². The molecule has 1 aromatic rings. The van der Waals surface area contributed by atoms with Gasteiger partial charge in [0.05, 0.1) is 6.54 Å². The van der Waals surface area contributed by atoms with Crippen molar-refractivity contribution in [3.05, 3.63) is 35.9 Å². The van der Waals surface area contributed by atoms with Crippen LogP contribution in [0, 0.1) is 5.92 Å². The van der Waals surface area contributed by atoms with E-state index in [4.69, 9.17) is 0 Å². The summed E-state index contributed by atoms with van der Waals surface area (Å²) in [6.07, 6.45) is 2.02. The monoisotopic (exact) mass is 296 g/mol. The first-order chi connectivity index (χ1) is 9.99. The van der Waals surface area contributed by atoms with Crippen LogP contribution in [0.15, 0.2) is 30.3 Å². The Hall–Kier alpha value is -1.00. The van der Waals surface area contributed by atoms with Crippen LogP contribution in [-0.2, 0) is 5.92 Å². The van der Waals surface area contributed by atoms with Gasteiger partial charge in [-0.05, 0) is 31.8 Å². The molecule has 0 amide bonds. The van der Waals surface area contributed by atoms with Gasteiger partial charge in [-0.1, -0.05) is 44.2 Å². The van der Waals surface area contributed by atoms with Crippen molar-refractivity contribution in [1.82, 2.24) is 10.2 Å². The van der Waals surface area contributed by atoms with Gasteiger partial charge in [0.25, 0.3) is 5.92 Å². The van der Waals surface area contributed by atoms with E-state index >= 15 is 0 Å². The Morgan fingerprint density at radius 1 is 1.29 bits per heavy atom. The van der Waals surface area contributed by atoms with Crippen LogP contribution in [0.1, 0.15) is 32.3 Å². The van der Waals surface area contributed by atoms with Crippen molar-refractivity contribution in [3.63, 3.8) is 0 Å². The summed E-state index contributed by atoms with van der Waals surface area (Å²) < 4.78 is 28.7. The maximum Gasteiger partial charge on any atom is 0.285 e. The quantitative estimate of drug-likeness (QED) is 0.828. The second kappa shape index (κ2) is 7.32. The summed E-state index contributed by atoms with van der Waals surface area (Å²) in [5, 5.41) is 3.40. The van der Waals surface area contributed by atoms with Gasteiger partial charge in [-0.25, -0.2) is 0 Å². The number of rotatable bonds is 7. The Labute approximate surface area is 126 Å². The van der Waals surface area contributed by atoms with E-state index in [9.17, 15) is 8.78 Å². The highest BCUT2D eigenvalue weighted by atomic mass is 19.3. The Morgan fingerprint density at radius 2 is 2.00 bits per heavy atom. The fourth-order valence-corrected chi connectivity index (χ4v) is 2.90. The number of alkyl halides is 2. The van der Waals surface area contributed by atoms with E-state index in [0.29, 0.717) is 5.92 Å². The molecule has 4 heteroatoms. The average Bonchev–Trinajstić information content (AvgIpc) is 2.86. The molecule has 21 heavy (non-hydrogen) atoms. The topological polar surface area (TPSA) is 15.3 Å². The Morgan fingerprint density at radius 3 is 2.67 bits per heavy atom. The minimum Gasteiger partial charge on any atom is -0.315 e. The first kappa shape index (κ1) is 16.4. The zero-order chi connectivity index (χ0) is 15.3. The summed E-state index contributed by atoms with van der Waals surface area (Å²) in [4.78, 5) is 1.94. The van der Waals surface area contributed by atoms with Crippen LogP contribution in [-0.4, -0.2) is 37.1 Å². The SMILES string of the molecule is CC(C)CNCC1CCCN1CC(F)(F)c1ccccc1. The second-order valence-corrected chi connectivity index (χ2v) is 6.39. The van der Waals surface area contributed by atoms with E-state index < -0.39 is 5.92 Å². The zero-order valence-corrected chi connectivity index (χ0v) is 13.0. The highest BCUT2D eigenvalue weighted by Crippen LogP contribution is 2.31. The molecule has 0 aliphatic carbocycles. The molecule has 1 unspecified atom stereocenters. The van der Waals surface area contributed by atoms with Crippen LogP contribution in [0.5, 0.6) is 0 Å². The highest BCUT2D eigenvalue weighted by Gasteiger charge is 2.37. The van der Waals surface area contributed by atoms with Gasteiger partial charge < -0.3 is 5.32 Å². The minimum absolute atomic E-state index is 0.116. The summed E-state index contributed by atoms with van der Waals surface area (Å²) in [6, 6.07) is 8.39. The first-order valence-corrected chi connectivity index (χ1v) is 7.87. The normalized spacial score (nSPS) is 20.3. The minimum atomic E-state index is -2.78. The van der Waals surface area contributed by atoms with Gasteiger partial charge in [-0.2, -0.15) is 8.78 Å². The molecular weight excluding hydrogens is 270 g/mol. The lowest BCUT2D eigenvalue weighted by molar-refractivity contribution is -0.0407. The van der Waals surface area contributed by atoms with Crippen LogP contribution >= 0.6 is 0 Å². The molecule has 1 N–H and O–H groups in total. The number of hydrogen-bond donors (Lipinski definition) is 1. The molecule has 1 atom stereocenters. The van der Waals surface area contributed by atoms with E-state index in [1.165, 1.54) is 12.1 Å². The number of halogens is 2. The average molecular weight is 296 g/mol. The summed E-state index contributed by atoms with van der Waals surface area (Å²) in [5.41, 5.74) is 0.116. The predicted octanol–water partition coefficient (Wildman–Crippen LogP) is 3.49. The largest absolute Gasteiger partial charge is 0.315 e. The van der Waals surface area contributed by atoms with Crippen LogP contribution in [0.4, 0.5) is 8.78 Å². The summed E-state index contributed by atoms with van der Waals surface area (Å²) in [6.45, 7) is 6.66. The number of nitrogens with one attached hydrogen (secondary N) is 1. The van der Waals surface area contributed by atoms with Gasteiger partial charge in [-0.3, -0.25) is 4.90 Å². The number of nitrogens with zero attached hydrogens (tertiary/aromatic N) is 1. The summed E-state index contributed by atoms with van der Waals surface area (Å²) in [5.74, 6) is -2.19. The van der Waals surface area contributed by atoms with Crippen molar-refractivity contribution in [2.75, 3.05) is 26.2 Å². The number of hydrogen-bond acceptors (Lipinski definition) is 2. The second-order valence-electron chi connectivity index (χ2n) is 6.39. The van der Waals surface area contributed by atoms with Crippen molar-refractivity contribution in [2.45, 2.75) is 38.7 Å². The molecule has 0 spiro atoms. The van der Waals surface area contributed by atoms with Crippen LogP contribution in [0.3, 0.4) is 0 Å². The third-order valence-corrected chi connectivity index (χ3v) is 4.03. The lowest BCUT2D eigenvalue weighted by Crippen LogP contribution is -2.43. The molecule has 1 saturated heterocycles. The molecule has 1 aromatic carbocycles. The molecule has 1 fully saturated rings. The molecule has 0 aromatic heterocycles. The Bertz CT molecular complexity index is 420. The van der Waals surface area contributed by atoms with Crippen LogP contribution in [0.25, 0.3) is 0 Å². The van der Waals surface area contributed by atoms with Crippen LogP contribution < -0.4 is 5.32 Å². The van der Waals surface area contributed by atoms with Crippen molar-refractivity contribution < 1.29 is 8.78 Å². The van der Waals surface area contributed by atoms with Crippen LogP contribution in [0.2, 0.25) is 0 Å². The molecule has 0 saturated carbocycles. The first-order valence-electron chi connectivity index (χ1n) is 7.87. The van der Waals surface area contributed by atoms with Gasteiger partial charge in [0.1, 0.15) is 0 Å². The highest BCUT2D eigenvalue weighted by molar-refractivity contribution is 5.20. The number of likely N-dealkylation sites (tertiary alicyclic amines) is 1. The van der Waals surface area contributed by atoms with Crippen molar-refractivity contribution in [1.29, 1.82) is 0 Å². The van der Waals surface area contributed by atoms with Gasteiger partial charge in [0.15, 0.2) is 0 Å². The maximum atomic E-state index is 14.4. The van der Waals surface area contributed by atoms with E-state index in [2.05, 4.69) is 19.2 Å². The molecule has 2 nitrogen and oxygen atoms in total. The smallest absolute Gasteiger partial charge is 0.285 e. The summed E-state index contributed by atoms with van der Waals surface area (Å²) in [7, 11) is 0. The van der Waals surface area contributed by atoms with E-state index in [-0.39, 0.29) is 18.2 Å². The lowest BCUT2D eigenvalue weighted by Gasteiger charge is -2.29. The van der Waals surface area contributed by atoms with Gasteiger partial charge in [-0.15, -0.1) is 0 Å². The predicted molar refractivity (Wildman–Crippen MR) is 82.6 cm³/mol. The molecule has 1 aliphatic heterocycles. The zero-order valence-electron chi connectivity index (χ0n) is 13.0. The van der Waals surface area contributed by atoms with E-state index in [1.807, 2.05) is 4.90 Å². The van der Waals surface area contributed by atoms with Gasteiger partial charge in [0.2, 0.25) is 0 Å². The molecule has 1 aliphatic rings.